The largest absolute Gasteiger partial charge is 0.465 e. The lowest BCUT2D eigenvalue weighted by atomic mass is 10.1. The molecular weight excluding hydrogens is 316 g/mol. The first-order chi connectivity index (χ1) is 10.8. The van der Waals surface area contributed by atoms with Gasteiger partial charge in [-0.1, -0.05) is 0 Å². The SMILES string of the molecule is COC(=O)c1c(NC(=O)CN2CC(C)OC(C)C2)sc(C)c1C. The van der Waals surface area contributed by atoms with Crippen LogP contribution in [0, 0.1) is 13.8 Å². The molecule has 2 unspecified atom stereocenters. The highest BCUT2D eigenvalue weighted by Gasteiger charge is 2.25. The number of hydrogen-bond donors (Lipinski definition) is 1. The van der Waals surface area contributed by atoms with Crippen molar-refractivity contribution in [3.05, 3.63) is 16.0 Å². The predicted octanol–water partition coefficient (Wildman–Crippen LogP) is 2.20. The van der Waals surface area contributed by atoms with E-state index in [0.29, 0.717) is 10.6 Å². The zero-order valence-electron chi connectivity index (χ0n) is 14.3. The van der Waals surface area contributed by atoms with E-state index in [1.54, 1.807) is 0 Å². The van der Waals surface area contributed by atoms with Gasteiger partial charge in [0.2, 0.25) is 5.91 Å². The average molecular weight is 340 g/mol. The molecule has 2 atom stereocenters. The van der Waals surface area contributed by atoms with Crippen molar-refractivity contribution < 1.29 is 19.1 Å². The van der Waals surface area contributed by atoms with Gasteiger partial charge in [-0.2, -0.15) is 0 Å². The number of rotatable bonds is 4. The number of amides is 1. The number of morpholine rings is 1. The average Bonchev–Trinajstić information content (AvgIpc) is 2.71. The quantitative estimate of drug-likeness (QED) is 0.851. The first kappa shape index (κ1) is 17.9. The van der Waals surface area contributed by atoms with E-state index in [0.717, 1.165) is 23.5 Å². The van der Waals surface area contributed by atoms with Gasteiger partial charge in [-0.25, -0.2) is 4.79 Å². The molecule has 0 saturated carbocycles. The van der Waals surface area contributed by atoms with E-state index >= 15 is 0 Å². The molecule has 128 valence electrons. The standard InChI is InChI=1S/C16H24N2O4S/c1-9-6-18(7-10(2)22-9)8-13(19)17-15-14(16(20)21-5)11(3)12(4)23-15/h9-10H,6-8H2,1-5H3,(H,17,19). The van der Waals surface area contributed by atoms with Crippen LogP contribution in [0.5, 0.6) is 0 Å². The molecule has 1 amide bonds. The molecule has 1 aliphatic heterocycles. The fourth-order valence-electron chi connectivity index (χ4n) is 2.85. The lowest BCUT2D eigenvalue weighted by Gasteiger charge is -2.34. The molecule has 1 N–H and O–H groups in total. The second-order valence-corrected chi connectivity index (χ2v) is 7.20. The van der Waals surface area contributed by atoms with Crippen LogP contribution in [0.4, 0.5) is 5.00 Å². The normalized spacial score (nSPS) is 22.0. The molecule has 0 aromatic carbocycles. The van der Waals surface area contributed by atoms with Crippen molar-refractivity contribution in [3.8, 4) is 0 Å². The second-order valence-electron chi connectivity index (χ2n) is 5.98. The first-order valence-electron chi connectivity index (χ1n) is 7.67. The Morgan fingerprint density at radius 1 is 1.30 bits per heavy atom. The molecule has 1 saturated heterocycles. The van der Waals surface area contributed by atoms with Gasteiger partial charge < -0.3 is 14.8 Å². The molecule has 1 aliphatic rings. The molecule has 6 nitrogen and oxygen atoms in total. The van der Waals surface area contributed by atoms with Crippen molar-refractivity contribution in [1.29, 1.82) is 0 Å². The topological polar surface area (TPSA) is 67.9 Å². The third-order valence-corrected chi connectivity index (χ3v) is 5.01. The van der Waals surface area contributed by atoms with E-state index in [1.807, 2.05) is 27.7 Å². The fraction of sp³-hybridized carbons (Fsp3) is 0.625. The number of carbonyl (C=O) groups excluding carboxylic acids is 2. The van der Waals surface area contributed by atoms with Crippen LogP contribution in [0.15, 0.2) is 0 Å². The highest BCUT2D eigenvalue weighted by molar-refractivity contribution is 7.16. The van der Waals surface area contributed by atoms with Gasteiger partial charge >= 0.3 is 5.97 Å². The zero-order valence-corrected chi connectivity index (χ0v) is 15.1. The summed E-state index contributed by atoms with van der Waals surface area (Å²) < 4.78 is 10.5. The van der Waals surface area contributed by atoms with Crippen LogP contribution in [0.3, 0.4) is 0 Å². The summed E-state index contributed by atoms with van der Waals surface area (Å²) >= 11 is 1.40. The Hall–Kier alpha value is -1.44. The molecule has 1 fully saturated rings. The molecule has 2 rings (SSSR count). The van der Waals surface area contributed by atoms with Crippen molar-refractivity contribution in [3.63, 3.8) is 0 Å². The molecule has 0 spiro atoms. The van der Waals surface area contributed by atoms with Gasteiger partial charge in [0.05, 0.1) is 31.4 Å². The molecule has 23 heavy (non-hydrogen) atoms. The summed E-state index contributed by atoms with van der Waals surface area (Å²) in [7, 11) is 1.34. The zero-order chi connectivity index (χ0) is 17.1. The van der Waals surface area contributed by atoms with Gasteiger partial charge in [0.25, 0.3) is 0 Å². The van der Waals surface area contributed by atoms with E-state index in [2.05, 4.69) is 10.2 Å². The number of anilines is 1. The van der Waals surface area contributed by atoms with Gasteiger partial charge in [0, 0.05) is 18.0 Å². The number of ether oxygens (including phenoxy) is 2. The summed E-state index contributed by atoms with van der Waals surface area (Å²) in [5, 5.41) is 3.42. The summed E-state index contributed by atoms with van der Waals surface area (Å²) in [6.45, 7) is 9.53. The van der Waals surface area contributed by atoms with Crippen LogP contribution >= 0.6 is 11.3 Å². The van der Waals surface area contributed by atoms with Crippen molar-refractivity contribution in [1.82, 2.24) is 4.90 Å². The summed E-state index contributed by atoms with van der Waals surface area (Å²) in [5.41, 5.74) is 1.30. The number of carbonyl (C=O) groups is 2. The maximum absolute atomic E-state index is 12.3. The van der Waals surface area contributed by atoms with Crippen molar-refractivity contribution in [2.24, 2.45) is 0 Å². The summed E-state index contributed by atoms with van der Waals surface area (Å²) in [5.74, 6) is -0.548. The minimum atomic E-state index is -0.421. The third-order valence-electron chi connectivity index (χ3n) is 3.89. The fourth-order valence-corrected chi connectivity index (χ4v) is 3.91. The lowest BCUT2D eigenvalue weighted by molar-refractivity contribution is -0.121. The van der Waals surface area contributed by atoms with Crippen molar-refractivity contribution in [2.75, 3.05) is 32.1 Å². The smallest absolute Gasteiger partial charge is 0.341 e. The Morgan fingerprint density at radius 2 is 1.91 bits per heavy atom. The van der Waals surface area contributed by atoms with Gasteiger partial charge in [0.15, 0.2) is 0 Å². The highest BCUT2D eigenvalue weighted by Crippen LogP contribution is 2.32. The lowest BCUT2D eigenvalue weighted by Crippen LogP contribution is -2.48. The van der Waals surface area contributed by atoms with Gasteiger partial charge in [-0.05, 0) is 33.3 Å². The number of nitrogens with one attached hydrogen (secondary N) is 1. The Labute approximate surface area is 140 Å². The molecule has 0 aliphatic carbocycles. The van der Waals surface area contributed by atoms with E-state index in [9.17, 15) is 9.59 Å². The third kappa shape index (κ3) is 4.31. The Kier molecular flexibility index (Phi) is 5.78. The van der Waals surface area contributed by atoms with E-state index in [4.69, 9.17) is 9.47 Å². The minimum Gasteiger partial charge on any atom is -0.465 e. The minimum absolute atomic E-state index is 0.114. The van der Waals surface area contributed by atoms with Crippen molar-refractivity contribution >= 4 is 28.2 Å². The molecule has 1 aromatic heterocycles. The summed E-state index contributed by atoms with van der Waals surface area (Å²) in [4.78, 5) is 27.3. The predicted molar refractivity (Wildman–Crippen MR) is 90.2 cm³/mol. The first-order valence-corrected chi connectivity index (χ1v) is 8.49. The number of thiophene rings is 1. The molecule has 0 bridgehead atoms. The van der Waals surface area contributed by atoms with Crippen LogP contribution in [0.25, 0.3) is 0 Å². The van der Waals surface area contributed by atoms with Gasteiger partial charge in [0.1, 0.15) is 5.00 Å². The maximum atomic E-state index is 12.3. The molecular formula is C16H24N2O4S. The van der Waals surface area contributed by atoms with Crippen LogP contribution in [-0.2, 0) is 14.3 Å². The number of esters is 1. The number of aryl methyl sites for hydroxylation is 1. The highest BCUT2D eigenvalue weighted by atomic mass is 32.1. The Bertz CT molecular complexity index is 589. The van der Waals surface area contributed by atoms with Gasteiger partial charge in [-0.3, -0.25) is 9.69 Å². The number of methoxy groups -OCH3 is 1. The van der Waals surface area contributed by atoms with E-state index in [-0.39, 0.29) is 24.7 Å². The van der Waals surface area contributed by atoms with Crippen LogP contribution in [0.2, 0.25) is 0 Å². The van der Waals surface area contributed by atoms with E-state index < -0.39 is 5.97 Å². The molecule has 7 heteroatoms. The number of hydrogen-bond acceptors (Lipinski definition) is 6. The molecule has 1 aromatic rings. The van der Waals surface area contributed by atoms with Gasteiger partial charge in [-0.15, -0.1) is 11.3 Å². The summed E-state index contributed by atoms with van der Waals surface area (Å²) in [6, 6.07) is 0. The van der Waals surface area contributed by atoms with Crippen LogP contribution < -0.4 is 5.32 Å². The van der Waals surface area contributed by atoms with Crippen molar-refractivity contribution in [2.45, 2.75) is 39.9 Å². The molecule has 2 heterocycles. The van der Waals surface area contributed by atoms with Crippen LogP contribution in [-0.4, -0.2) is 55.7 Å². The van der Waals surface area contributed by atoms with Crippen LogP contribution in [0.1, 0.15) is 34.6 Å². The maximum Gasteiger partial charge on any atom is 0.341 e. The summed E-state index contributed by atoms with van der Waals surface area (Å²) in [6.07, 6.45) is 0.229. The second kappa shape index (κ2) is 7.42. The van der Waals surface area contributed by atoms with E-state index in [1.165, 1.54) is 18.4 Å². The monoisotopic (exact) mass is 340 g/mol. The Balaban J connectivity index is 2.06. The number of nitrogens with zero attached hydrogens (tertiary/aromatic N) is 1. The molecule has 0 radical (unpaired) electrons. The Morgan fingerprint density at radius 3 is 2.48 bits per heavy atom.